The Morgan fingerprint density at radius 3 is 2.25 bits per heavy atom. The van der Waals surface area contributed by atoms with Gasteiger partial charge in [0, 0.05) is 12.3 Å². The lowest BCUT2D eigenvalue weighted by Crippen LogP contribution is -1.95. The minimum atomic E-state index is -0.695. The van der Waals surface area contributed by atoms with Gasteiger partial charge in [0.1, 0.15) is 0 Å². The van der Waals surface area contributed by atoms with E-state index >= 15 is 0 Å². The van der Waals surface area contributed by atoms with Crippen LogP contribution in [0, 0.1) is 17.2 Å². The van der Waals surface area contributed by atoms with Crippen molar-refractivity contribution in [2.24, 2.45) is 5.92 Å². The summed E-state index contributed by atoms with van der Waals surface area (Å²) in [6.07, 6.45) is 8.67. The fraction of sp³-hybridized carbons (Fsp3) is 0.846. The molecule has 0 amide bonds. The zero-order valence-electron chi connectivity index (χ0n) is 10.2. The number of nitrogens with zero attached hydrogens (tertiary/aromatic N) is 1. The second-order valence-electron chi connectivity index (χ2n) is 4.29. The highest BCUT2D eigenvalue weighted by Crippen LogP contribution is 2.14. The third-order valence-corrected chi connectivity index (χ3v) is 2.87. The second-order valence-corrected chi connectivity index (χ2v) is 4.29. The van der Waals surface area contributed by atoms with Gasteiger partial charge in [0.2, 0.25) is 0 Å². The summed E-state index contributed by atoms with van der Waals surface area (Å²) in [7, 11) is 0. The van der Waals surface area contributed by atoms with Gasteiger partial charge in [-0.15, -0.1) is 0 Å². The summed E-state index contributed by atoms with van der Waals surface area (Å²) in [4.78, 5) is 10.2. The number of rotatable bonds is 10. The predicted molar refractivity (Wildman–Crippen MR) is 64.0 cm³/mol. The molecule has 0 aromatic heterocycles. The van der Waals surface area contributed by atoms with Crippen LogP contribution in [0.4, 0.5) is 0 Å². The molecule has 0 bridgehead atoms. The van der Waals surface area contributed by atoms with Gasteiger partial charge >= 0.3 is 5.97 Å². The Bertz CT molecular complexity index is 220. The van der Waals surface area contributed by atoms with Gasteiger partial charge < -0.3 is 5.11 Å². The molecule has 0 spiro atoms. The molecule has 0 aliphatic carbocycles. The summed E-state index contributed by atoms with van der Waals surface area (Å²) in [5.41, 5.74) is 0. The summed E-state index contributed by atoms with van der Waals surface area (Å²) in [6.45, 7) is 2.06. The van der Waals surface area contributed by atoms with E-state index in [1.807, 2.05) is 0 Å². The van der Waals surface area contributed by atoms with Crippen LogP contribution >= 0.6 is 0 Å². The number of unbranched alkanes of at least 4 members (excludes halogenated alkanes) is 5. The van der Waals surface area contributed by atoms with Gasteiger partial charge in [0.15, 0.2) is 0 Å². The minimum Gasteiger partial charge on any atom is -0.481 e. The van der Waals surface area contributed by atoms with Crippen molar-refractivity contribution in [2.45, 2.75) is 64.7 Å². The largest absolute Gasteiger partial charge is 0.481 e. The Balaban J connectivity index is 3.16. The zero-order valence-corrected chi connectivity index (χ0v) is 10.2. The molecule has 0 fully saturated rings. The Labute approximate surface area is 98.5 Å². The number of aliphatic carboxylic acids is 1. The molecule has 1 N–H and O–H groups in total. The van der Waals surface area contributed by atoms with E-state index in [2.05, 4.69) is 13.0 Å². The van der Waals surface area contributed by atoms with Gasteiger partial charge in [-0.25, -0.2) is 0 Å². The molecule has 0 rings (SSSR count). The number of carboxylic acids is 1. The Hall–Kier alpha value is -1.04. The highest BCUT2D eigenvalue weighted by Gasteiger charge is 2.03. The Morgan fingerprint density at radius 1 is 1.19 bits per heavy atom. The van der Waals surface area contributed by atoms with Crippen LogP contribution in [0.15, 0.2) is 0 Å². The van der Waals surface area contributed by atoms with Gasteiger partial charge in [0.05, 0.1) is 6.07 Å². The first-order chi connectivity index (χ1) is 7.70. The summed E-state index contributed by atoms with van der Waals surface area (Å²) in [6, 6.07) is 2.31. The van der Waals surface area contributed by atoms with Gasteiger partial charge in [0.25, 0.3) is 0 Å². The van der Waals surface area contributed by atoms with Crippen LogP contribution in [0.25, 0.3) is 0 Å². The predicted octanol–water partition coefficient (Wildman–Crippen LogP) is 3.74. The van der Waals surface area contributed by atoms with Crippen molar-refractivity contribution in [2.75, 3.05) is 0 Å². The molecule has 16 heavy (non-hydrogen) atoms. The number of hydrogen-bond donors (Lipinski definition) is 1. The molecule has 0 aromatic carbocycles. The quantitative estimate of drug-likeness (QED) is 0.576. The first-order valence-electron chi connectivity index (χ1n) is 6.32. The van der Waals surface area contributed by atoms with Crippen LogP contribution in [0.3, 0.4) is 0 Å². The maximum absolute atomic E-state index is 10.2. The Morgan fingerprint density at radius 2 is 1.75 bits per heavy atom. The lowest BCUT2D eigenvalue weighted by atomic mass is 9.99. The van der Waals surface area contributed by atoms with E-state index < -0.39 is 5.97 Å². The molecular weight excluding hydrogens is 202 g/mol. The minimum absolute atomic E-state index is 0.229. The van der Waals surface area contributed by atoms with Crippen LogP contribution < -0.4 is 0 Å². The average Bonchev–Trinajstić information content (AvgIpc) is 2.27. The van der Waals surface area contributed by atoms with Gasteiger partial charge in [-0.2, -0.15) is 5.26 Å². The normalized spacial score (nSPS) is 12.0. The lowest BCUT2D eigenvalue weighted by molar-refractivity contribution is -0.137. The molecule has 1 atom stereocenters. The van der Waals surface area contributed by atoms with Crippen molar-refractivity contribution >= 4 is 5.97 Å². The smallest absolute Gasteiger partial charge is 0.303 e. The van der Waals surface area contributed by atoms with Crippen LogP contribution in [-0.4, -0.2) is 11.1 Å². The van der Waals surface area contributed by atoms with E-state index in [0.29, 0.717) is 6.42 Å². The van der Waals surface area contributed by atoms with Crippen molar-refractivity contribution in [3.05, 3.63) is 0 Å². The van der Waals surface area contributed by atoms with E-state index in [1.165, 1.54) is 12.8 Å². The maximum Gasteiger partial charge on any atom is 0.303 e. The molecule has 0 saturated heterocycles. The fourth-order valence-corrected chi connectivity index (χ4v) is 1.73. The Kier molecular flexibility index (Phi) is 9.80. The number of carboxylic acid groups (broad SMARTS) is 1. The van der Waals surface area contributed by atoms with E-state index in [-0.39, 0.29) is 5.92 Å². The first kappa shape index (κ1) is 15.0. The molecule has 0 saturated carbocycles. The highest BCUT2D eigenvalue weighted by atomic mass is 16.4. The molecule has 0 aliphatic heterocycles. The number of nitriles is 1. The molecular formula is C13H23NO2. The SMILES string of the molecule is CCC(C#N)CCCCCCCCC(=O)O. The van der Waals surface area contributed by atoms with Crippen molar-refractivity contribution < 1.29 is 9.90 Å². The van der Waals surface area contributed by atoms with E-state index in [0.717, 1.165) is 38.5 Å². The average molecular weight is 225 g/mol. The summed E-state index contributed by atoms with van der Waals surface area (Å²) >= 11 is 0. The summed E-state index contributed by atoms with van der Waals surface area (Å²) < 4.78 is 0. The first-order valence-corrected chi connectivity index (χ1v) is 6.32. The lowest BCUT2D eigenvalue weighted by Gasteiger charge is -2.05. The summed E-state index contributed by atoms with van der Waals surface area (Å²) in [5, 5.41) is 17.2. The van der Waals surface area contributed by atoms with E-state index in [4.69, 9.17) is 10.4 Å². The summed E-state index contributed by atoms with van der Waals surface area (Å²) in [5.74, 6) is -0.466. The molecule has 92 valence electrons. The van der Waals surface area contributed by atoms with Crippen LogP contribution in [-0.2, 0) is 4.79 Å². The monoisotopic (exact) mass is 225 g/mol. The molecule has 3 nitrogen and oxygen atoms in total. The van der Waals surface area contributed by atoms with Crippen molar-refractivity contribution in [1.29, 1.82) is 5.26 Å². The molecule has 0 aliphatic rings. The number of carbonyl (C=O) groups is 1. The molecule has 0 heterocycles. The van der Waals surface area contributed by atoms with Crippen LogP contribution in [0.2, 0.25) is 0 Å². The second kappa shape index (κ2) is 10.5. The topological polar surface area (TPSA) is 61.1 Å². The van der Waals surface area contributed by atoms with Crippen molar-refractivity contribution in [3.63, 3.8) is 0 Å². The fourth-order valence-electron chi connectivity index (χ4n) is 1.73. The molecule has 0 radical (unpaired) electrons. The third-order valence-electron chi connectivity index (χ3n) is 2.87. The highest BCUT2D eigenvalue weighted by molar-refractivity contribution is 5.66. The van der Waals surface area contributed by atoms with Crippen LogP contribution in [0.1, 0.15) is 64.7 Å². The molecule has 3 heteroatoms. The van der Waals surface area contributed by atoms with Gasteiger partial charge in [-0.1, -0.05) is 39.0 Å². The van der Waals surface area contributed by atoms with Crippen LogP contribution in [0.5, 0.6) is 0 Å². The third kappa shape index (κ3) is 9.51. The standard InChI is InChI=1S/C13H23NO2/c1-2-12(11-14)9-7-5-3-4-6-8-10-13(15)16/h12H,2-10H2,1H3,(H,15,16). The molecule has 0 aromatic rings. The van der Waals surface area contributed by atoms with E-state index in [1.54, 1.807) is 0 Å². The van der Waals surface area contributed by atoms with Gasteiger partial charge in [-0.05, 0) is 19.3 Å². The zero-order chi connectivity index (χ0) is 12.2. The molecule has 1 unspecified atom stereocenters. The maximum atomic E-state index is 10.2. The van der Waals surface area contributed by atoms with E-state index in [9.17, 15) is 4.79 Å². The van der Waals surface area contributed by atoms with Gasteiger partial charge in [-0.3, -0.25) is 4.79 Å². The van der Waals surface area contributed by atoms with Crippen molar-refractivity contribution in [1.82, 2.24) is 0 Å². The van der Waals surface area contributed by atoms with Crippen molar-refractivity contribution in [3.8, 4) is 6.07 Å². The number of hydrogen-bond acceptors (Lipinski definition) is 2.